The molecule has 0 saturated heterocycles. The van der Waals surface area contributed by atoms with E-state index in [0.717, 1.165) is 43.2 Å². The van der Waals surface area contributed by atoms with E-state index in [9.17, 15) is 0 Å². The summed E-state index contributed by atoms with van der Waals surface area (Å²) in [6.07, 6.45) is 2.69. The molecule has 0 radical (unpaired) electrons. The van der Waals surface area contributed by atoms with Crippen LogP contribution in [0.4, 0.5) is 0 Å². The first-order valence-corrected chi connectivity index (χ1v) is 7.89. The SMILES string of the molecule is Cc1cccc(CN(C)C2CCC2CNCC(C)C)n1. The Balaban J connectivity index is 1.79. The summed E-state index contributed by atoms with van der Waals surface area (Å²) in [5.74, 6) is 1.55. The van der Waals surface area contributed by atoms with Gasteiger partial charge in [0.05, 0.1) is 5.69 Å². The van der Waals surface area contributed by atoms with E-state index in [0.29, 0.717) is 0 Å². The van der Waals surface area contributed by atoms with Crippen molar-refractivity contribution >= 4 is 0 Å². The molecule has 1 heterocycles. The molecule has 0 aliphatic heterocycles. The summed E-state index contributed by atoms with van der Waals surface area (Å²) in [7, 11) is 2.24. The maximum Gasteiger partial charge on any atom is 0.0547 e. The molecule has 0 bridgehead atoms. The third kappa shape index (κ3) is 4.29. The van der Waals surface area contributed by atoms with Crippen molar-refractivity contribution in [2.24, 2.45) is 11.8 Å². The van der Waals surface area contributed by atoms with Gasteiger partial charge in [0, 0.05) is 18.3 Å². The Morgan fingerprint density at radius 2 is 2.15 bits per heavy atom. The smallest absolute Gasteiger partial charge is 0.0547 e. The van der Waals surface area contributed by atoms with Crippen LogP contribution in [-0.4, -0.2) is 36.1 Å². The van der Waals surface area contributed by atoms with E-state index in [-0.39, 0.29) is 0 Å². The standard InChI is InChI=1S/C17H29N3/c1-13(2)10-18-11-15-8-9-17(15)20(4)12-16-7-5-6-14(3)19-16/h5-7,13,15,17-18H,8-12H2,1-4H3. The number of pyridine rings is 1. The fourth-order valence-electron chi connectivity index (χ4n) is 2.99. The minimum absolute atomic E-state index is 0.719. The molecule has 1 aromatic rings. The van der Waals surface area contributed by atoms with Crippen LogP contribution in [0.3, 0.4) is 0 Å². The average molecular weight is 275 g/mol. The zero-order valence-corrected chi connectivity index (χ0v) is 13.4. The first kappa shape index (κ1) is 15.5. The molecule has 1 saturated carbocycles. The highest BCUT2D eigenvalue weighted by Gasteiger charge is 2.33. The fourth-order valence-corrected chi connectivity index (χ4v) is 2.99. The third-order valence-corrected chi connectivity index (χ3v) is 4.26. The normalized spacial score (nSPS) is 22.3. The number of aromatic nitrogens is 1. The number of hydrogen-bond donors (Lipinski definition) is 1. The second kappa shape index (κ2) is 7.19. The van der Waals surface area contributed by atoms with Crippen molar-refractivity contribution in [3.63, 3.8) is 0 Å². The van der Waals surface area contributed by atoms with Gasteiger partial charge in [-0.3, -0.25) is 9.88 Å². The molecule has 1 aliphatic carbocycles. The van der Waals surface area contributed by atoms with Crippen LogP contribution in [0.15, 0.2) is 18.2 Å². The number of rotatable bonds is 7. The molecule has 3 heteroatoms. The van der Waals surface area contributed by atoms with Gasteiger partial charge in [0.15, 0.2) is 0 Å². The van der Waals surface area contributed by atoms with Crippen molar-refractivity contribution < 1.29 is 0 Å². The fraction of sp³-hybridized carbons (Fsp3) is 0.706. The predicted molar refractivity (Wildman–Crippen MR) is 84.7 cm³/mol. The van der Waals surface area contributed by atoms with Crippen molar-refractivity contribution in [3.05, 3.63) is 29.6 Å². The second-order valence-corrected chi connectivity index (χ2v) is 6.64. The molecule has 0 aromatic carbocycles. The molecule has 2 unspecified atom stereocenters. The van der Waals surface area contributed by atoms with Gasteiger partial charge >= 0.3 is 0 Å². The molecule has 1 N–H and O–H groups in total. The van der Waals surface area contributed by atoms with E-state index in [1.165, 1.54) is 18.5 Å². The lowest BCUT2D eigenvalue weighted by molar-refractivity contribution is 0.0767. The highest BCUT2D eigenvalue weighted by atomic mass is 15.2. The number of aryl methyl sites for hydroxylation is 1. The molecular weight excluding hydrogens is 246 g/mol. The highest BCUT2D eigenvalue weighted by molar-refractivity contribution is 5.10. The van der Waals surface area contributed by atoms with E-state index < -0.39 is 0 Å². The predicted octanol–water partition coefficient (Wildman–Crippen LogP) is 2.85. The molecule has 1 aromatic heterocycles. The summed E-state index contributed by atoms with van der Waals surface area (Å²) >= 11 is 0. The summed E-state index contributed by atoms with van der Waals surface area (Å²) in [5.41, 5.74) is 2.30. The maximum atomic E-state index is 4.61. The van der Waals surface area contributed by atoms with Gasteiger partial charge in [-0.1, -0.05) is 19.9 Å². The molecule has 3 nitrogen and oxygen atoms in total. The highest BCUT2D eigenvalue weighted by Crippen LogP contribution is 2.31. The van der Waals surface area contributed by atoms with Gasteiger partial charge in [0.25, 0.3) is 0 Å². The van der Waals surface area contributed by atoms with Crippen LogP contribution in [0.1, 0.15) is 38.1 Å². The molecule has 0 amide bonds. The topological polar surface area (TPSA) is 28.2 Å². The van der Waals surface area contributed by atoms with Crippen LogP contribution in [0.2, 0.25) is 0 Å². The van der Waals surface area contributed by atoms with Gasteiger partial charge in [-0.25, -0.2) is 0 Å². The zero-order chi connectivity index (χ0) is 14.5. The first-order valence-electron chi connectivity index (χ1n) is 7.89. The molecule has 112 valence electrons. The van der Waals surface area contributed by atoms with Crippen molar-refractivity contribution in [2.45, 2.75) is 46.2 Å². The van der Waals surface area contributed by atoms with Gasteiger partial charge in [0.1, 0.15) is 0 Å². The Bertz CT molecular complexity index is 416. The van der Waals surface area contributed by atoms with E-state index in [1.54, 1.807) is 0 Å². The Morgan fingerprint density at radius 1 is 1.35 bits per heavy atom. The quantitative estimate of drug-likeness (QED) is 0.829. The van der Waals surface area contributed by atoms with Gasteiger partial charge in [0.2, 0.25) is 0 Å². The molecular formula is C17H29N3. The molecule has 2 atom stereocenters. The Kier molecular flexibility index (Phi) is 5.55. The lowest BCUT2D eigenvalue weighted by Gasteiger charge is -2.43. The summed E-state index contributed by atoms with van der Waals surface area (Å²) in [6, 6.07) is 7.02. The summed E-state index contributed by atoms with van der Waals surface area (Å²) < 4.78 is 0. The van der Waals surface area contributed by atoms with Crippen LogP contribution in [0.5, 0.6) is 0 Å². The lowest BCUT2D eigenvalue weighted by atomic mass is 9.78. The lowest BCUT2D eigenvalue weighted by Crippen LogP contribution is -2.49. The zero-order valence-electron chi connectivity index (χ0n) is 13.4. The van der Waals surface area contributed by atoms with Crippen molar-refractivity contribution in [2.75, 3.05) is 20.1 Å². The molecule has 2 rings (SSSR count). The van der Waals surface area contributed by atoms with Gasteiger partial charge in [-0.05, 0) is 63.9 Å². The third-order valence-electron chi connectivity index (χ3n) is 4.26. The second-order valence-electron chi connectivity index (χ2n) is 6.64. The van der Waals surface area contributed by atoms with E-state index >= 15 is 0 Å². The maximum absolute atomic E-state index is 4.61. The van der Waals surface area contributed by atoms with E-state index in [4.69, 9.17) is 0 Å². The summed E-state index contributed by atoms with van der Waals surface area (Å²) in [4.78, 5) is 7.09. The molecule has 1 aliphatic rings. The first-order chi connectivity index (χ1) is 9.56. The van der Waals surface area contributed by atoms with Crippen LogP contribution in [0, 0.1) is 18.8 Å². The number of nitrogens with one attached hydrogen (secondary N) is 1. The number of nitrogens with zero attached hydrogens (tertiary/aromatic N) is 2. The summed E-state index contributed by atoms with van der Waals surface area (Å²) in [5, 5.41) is 3.60. The van der Waals surface area contributed by atoms with Crippen molar-refractivity contribution in [3.8, 4) is 0 Å². The van der Waals surface area contributed by atoms with Crippen LogP contribution >= 0.6 is 0 Å². The van der Waals surface area contributed by atoms with Gasteiger partial charge in [-0.2, -0.15) is 0 Å². The minimum Gasteiger partial charge on any atom is -0.316 e. The Labute approximate surface area is 123 Å². The van der Waals surface area contributed by atoms with Crippen LogP contribution < -0.4 is 5.32 Å². The number of hydrogen-bond acceptors (Lipinski definition) is 3. The largest absolute Gasteiger partial charge is 0.316 e. The van der Waals surface area contributed by atoms with Crippen molar-refractivity contribution in [1.82, 2.24) is 15.2 Å². The average Bonchev–Trinajstić information content (AvgIpc) is 2.32. The molecule has 20 heavy (non-hydrogen) atoms. The Morgan fingerprint density at radius 3 is 2.75 bits per heavy atom. The van der Waals surface area contributed by atoms with E-state index in [2.05, 4.69) is 61.2 Å². The monoisotopic (exact) mass is 275 g/mol. The van der Waals surface area contributed by atoms with Crippen molar-refractivity contribution in [1.29, 1.82) is 0 Å². The minimum atomic E-state index is 0.719. The van der Waals surface area contributed by atoms with Gasteiger partial charge < -0.3 is 5.32 Å². The molecule has 0 spiro atoms. The Hall–Kier alpha value is -0.930. The van der Waals surface area contributed by atoms with E-state index in [1.807, 2.05) is 0 Å². The van der Waals surface area contributed by atoms with Gasteiger partial charge in [-0.15, -0.1) is 0 Å². The summed E-state index contributed by atoms with van der Waals surface area (Å²) in [6.45, 7) is 9.85. The van der Waals surface area contributed by atoms with Crippen LogP contribution in [-0.2, 0) is 6.54 Å². The van der Waals surface area contributed by atoms with Crippen LogP contribution in [0.25, 0.3) is 0 Å². The molecule has 1 fully saturated rings.